The van der Waals surface area contributed by atoms with E-state index in [9.17, 15) is 9.59 Å². The van der Waals surface area contributed by atoms with Gasteiger partial charge in [-0.2, -0.15) is 0 Å². The van der Waals surface area contributed by atoms with Gasteiger partial charge in [0, 0.05) is 13.0 Å². The molecule has 18 heavy (non-hydrogen) atoms. The van der Waals surface area contributed by atoms with Gasteiger partial charge in [0.15, 0.2) is 0 Å². The Kier molecular flexibility index (Phi) is 7.41. The van der Waals surface area contributed by atoms with Crippen LogP contribution in [0.1, 0.15) is 44.9 Å². The van der Waals surface area contributed by atoms with Gasteiger partial charge in [-0.3, -0.25) is 9.59 Å². The van der Waals surface area contributed by atoms with Gasteiger partial charge < -0.3 is 16.4 Å². The van der Waals surface area contributed by atoms with Crippen LogP contribution in [0, 0.1) is 5.92 Å². The predicted octanol–water partition coefficient (Wildman–Crippen LogP) is 0.538. The Bertz CT molecular complexity index is 263. The lowest BCUT2D eigenvalue weighted by atomic mass is 10.0. The Hall–Kier alpha value is -1.10. The molecule has 104 valence electrons. The van der Waals surface area contributed by atoms with Crippen LogP contribution in [-0.4, -0.2) is 31.4 Å². The van der Waals surface area contributed by atoms with E-state index in [2.05, 4.69) is 10.6 Å². The summed E-state index contributed by atoms with van der Waals surface area (Å²) in [5.41, 5.74) is 5.32. The first-order valence-electron chi connectivity index (χ1n) is 6.96. The summed E-state index contributed by atoms with van der Waals surface area (Å²) < 4.78 is 0. The van der Waals surface area contributed by atoms with E-state index in [4.69, 9.17) is 5.73 Å². The monoisotopic (exact) mass is 255 g/mol. The van der Waals surface area contributed by atoms with Crippen LogP contribution in [0.15, 0.2) is 0 Å². The molecule has 0 aromatic carbocycles. The number of carbonyl (C=O) groups excluding carboxylic acids is 2. The molecule has 1 fully saturated rings. The topological polar surface area (TPSA) is 84.2 Å². The molecule has 4 N–H and O–H groups in total. The van der Waals surface area contributed by atoms with Crippen LogP contribution in [0.3, 0.4) is 0 Å². The lowest BCUT2D eigenvalue weighted by Crippen LogP contribution is -2.37. The van der Waals surface area contributed by atoms with Gasteiger partial charge in [0.05, 0.1) is 6.54 Å². The second-order valence-electron chi connectivity index (χ2n) is 4.96. The summed E-state index contributed by atoms with van der Waals surface area (Å²) >= 11 is 0. The number of hydrogen-bond donors (Lipinski definition) is 3. The average Bonchev–Trinajstić information content (AvgIpc) is 2.87. The maximum absolute atomic E-state index is 11.5. The van der Waals surface area contributed by atoms with Crippen molar-refractivity contribution in [2.45, 2.75) is 44.9 Å². The highest BCUT2D eigenvalue weighted by atomic mass is 16.2. The van der Waals surface area contributed by atoms with Gasteiger partial charge in [-0.15, -0.1) is 0 Å². The zero-order chi connectivity index (χ0) is 13.2. The van der Waals surface area contributed by atoms with Crippen molar-refractivity contribution in [2.24, 2.45) is 11.7 Å². The minimum Gasteiger partial charge on any atom is -0.355 e. The highest BCUT2D eigenvalue weighted by Crippen LogP contribution is 2.28. The molecule has 1 rings (SSSR count). The number of hydrogen-bond acceptors (Lipinski definition) is 3. The molecule has 0 bridgehead atoms. The SMILES string of the molecule is NCCCNC(=O)CNC(=O)CCC1CCCC1. The van der Waals surface area contributed by atoms with E-state index in [1.165, 1.54) is 25.7 Å². The lowest BCUT2D eigenvalue weighted by Gasteiger charge is -2.09. The van der Waals surface area contributed by atoms with Crippen LogP contribution in [0.2, 0.25) is 0 Å². The summed E-state index contributed by atoms with van der Waals surface area (Å²) in [7, 11) is 0. The Balaban J connectivity index is 1.99. The molecule has 0 aromatic rings. The molecule has 0 heterocycles. The zero-order valence-electron chi connectivity index (χ0n) is 11.0. The molecule has 0 aromatic heterocycles. The molecule has 0 saturated heterocycles. The molecule has 0 atom stereocenters. The van der Waals surface area contributed by atoms with Crippen LogP contribution in [0.4, 0.5) is 0 Å². The van der Waals surface area contributed by atoms with Gasteiger partial charge in [0.25, 0.3) is 0 Å². The Morgan fingerprint density at radius 3 is 2.50 bits per heavy atom. The van der Waals surface area contributed by atoms with Gasteiger partial charge in [-0.25, -0.2) is 0 Å². The van der Waals surface area contributed by atoms with E-state index in [0.29, 0.717) is 25.4 Å². The quantitative estimate of drug-likeness (QED) is 0.553. The molecular formula is C13H25N3O2. The van der Waals surface area contributed by atoms with Crippen LogP contribution in [-0.2, 0) is 9.59 Å². The van der Waals surface area contributed by atoms with Gasteiger partial charge in [0.1, 0.15) is 0 Å². The first-order valence-corrected chi connectivity index (χ1v) is 6.96. The second-order valence-corrected chi connectivity index (χ2v) is 4.96. The molecule has 5 heteroatoms. The summed E-state index contributed by atoms with van der Waals surface area (Å²) in [5.74, 6) is 0.558. The fraction of sp³-hybridized carbons (Fsp3) is 0.846. The number of carbonyl (C=O) groups is 2. The third-order valence-electron chi connectivity index (χ3n) is 3.40. The summed E-state index contributed by atoms with van der Waals surface area (Å²) in [6.07, 6.45) is 7.38. The first kappa shape index (κ1) is 15.0. The Morgan fingerprint density at radius 2 is 1.83 bits per heavy atom. The van der Waals surface area contributed by atoms with Gasteiger partial charge in [0.2, 0.25) is 11.8 Å². The number of amides is 2. The molecular weight excluding hydrogens is 230 g/mol. The third kappa shape index (κ3) is 6.59. The highest BCUT2D eigenvalue weighted by molar-refractivity contribution is 5.84. The standard InChI is InChI=1S/C13H25N3O2/c14-8-3-9-15-13(18)10-16-12(17)7-6-11-4-1-2-5-11/h11H,1-10,14H2,(H,15,18)(H,16,17). The summed E-state index contributed by atoms with van der Waals surface area (Å²) in [4.78, 5) is 22.8. The minimum absolute atomic E-state index is 0.0177. The summed E-state index contributed by atoms with van der Waals surface area (Å²) in [6, 6.07) is 0. The zero-order valence-corrected chi connectivity index (χ0v) is 11.0. The van der Waals surface area contributed by atoms with Crippen LogP contribution < -0.4 is 16.4 Å². The maximum Gasteiger partial charge on any atom is 0.239 e. The second kappa shape index (κ2) is 8.91. The minimum atomic E-state index is -0.141. The summed E-state index contributed by atoms with van der Waals surface area (Å²) in [6.45, 7) is 1.22. The average molecular weight is 255 g/mol. The van der Waals surface area contributed by atoms with Crippen molar-refractivity contribution >= 4 is 11.8 Å². The Labute approximate surface area is 109 Å². The Morgan fingerprint density at radius 1 is 1.11 bits per heavy atom. The van der Waals surface area contributed by atoms with Crippen molar-refractivity contribution < 1.29 is 9.59 Å². The molecule has 1 aliphatic carbocycles. The molecule has 0 aliphatic heterocycles. The first-order chi connectivity index (χ1) is 8.72. The lowest BCUT2D eigenvalue weighted by molar-refractivity contribution is -0.126. The van der Waals surface area contributed by atoms with Gasteiger partial charge in [-0.05, 0) is 25.3 Å². The van der Waals surface area contributed by atoms with E-state index >= 15 is 0 Å². The van der Waals surface area contributed by atoms with Crippen LogP contribution >= 0.6 is 0 Å². The molecule has 1 aliphatic rings. The number of rotatable bonds is 8. The summed E-state index contributed by atoms with van der Waals surface area (Å²) in [5, 5.41) is 5.35. The molecule has 0 unspecified atom stereocenters. The normalized spacial score (nSPS) is 15.6. The van der Waals surface area contributed by atoms with Gasteiger partial charge >= 0.3 is 0 Å². The van der Waals surface area contributed by atoms with Crippen molar-refractivity contribution in [3.63, 3.8) is 0 Å². The van der Waals surface area contributed by atoms with E-state index in [-0.39, 0.29) is 18.4 Å². The molecule has 5 nitrogen and oxygen atoms in total. The number of nitrogens with one attached hydrogen (secondary N) is 2. The highest BCUT2D eigenvalue weighted by Gasteiger charge is 2.16. The fourth-order valence-corrected chi connectivity index (χ4v) is 2.29. The van der Waals surface area contributed by atoms with E-state index < -0.39 is 0 Å². The predicted molar refractivity (Wildman–Crippen MR) is 70.9 cm³/mol. The largest absolute Gasteiger partial charge is 0.355 e. The molecule has 0 radical (unpaired) electrons. The fourth-order valence-electron chi connectivity index (χ4n) is 2.29. The van der Waals surface area contributed by atoms with E-state index in [0.717, 1.165) is 12.8 Å². The third-order valence-corrected chi connectivity index (χ3v) is 3.40. The van der Waals surface area contributed by atoms with Crippen molar-refractivity contribution in [1.29, 1.82) is 0 Å². The molecule has 1 saturated carbocycles. The van der Waals surface area contributed by atoms with E-state index in [1.54, 1.807) is 0 Å². The maximum atomic E-state index is 11.5. The van der Waals surface area contributed by atoms with Crippen LogP contribution in [0.5, 0.6) is 0 Å². The van der Waals surface area contributed by atoms with Crippen LogP contribution in [0.25, 0.3) is 0 Å². The smallest absolute Gasteiger partial charge is 0.239 e. The van der Waals surface area contributed by atoms with Crippen molar-refractivity contribution in [2.75, 3.05) is 19.6 Å². The van der Waals surface area contributed by atoms with E-state index in [1.807, 2.05) is 0 Å². The van der Waals surface area contributed by atoms with Crippen molar-refractivity contribution in [3.05, 3.63) is 0 Å². The van der Waals surface area contributed by atoms with Crippen molar-refractivity contribution in [1.82, 2.24) is 10.6 Å². The van der Waals surface area contributed by atoms with Gasteiger partial charge in [-0.1, -0.05) is 25.7 Å². The molecule has 2 amide bonds. The van der Waals surface area contributed by atoms with Crippen molar-refractivity contribution in [3.8, 4) is 0 Å². The molecule has 0 spiro atoms. The number of nitrogens with two attached hydrogens (primary N) is 1.